The van der Waals surface area contributed by atoms with E-state index in [1.807, 2.05) is 0 Å². The third-order valence-electron chi connectivity index (χ3n) is 5.90. The number of methoxy groups -OCH3 is 2. The molecular formula is C25H28N4O4. The minimum absolute atomic E-state index is 0.124. The Bertz CT molecular complexity index is 1140. The van der Waals surface area contributed by atoms with Gasteiger partial charge < -0.3 is 19.7 Å². The van der Waals surface area contributed by atoms with Crippen molar-refractivity contribution >= 4 is 23.3 Å². The van der Waals surface area contributed by atoms with Crippen molar-refractivity contribution in [2.45, 2.75) is 26.3 Å². The predicted molar refractivity (Wildman–Crippen MR) is 126 cm³/mol. The van der Waals surface area contributed by atoms with Crippen molar-refractivity contribution in [3.63, 3.8) is 0 Å². The van der Waals surface area contributed by atoms with Crippen molar-refractivity contribution in [3.8, 4) is 11.5 Å². The number of nitrogens with one attached hydrogen (secondary N) is 1. The lowest BCUT2D eigenvalue weighted by Gasteiger charge is -2.20. The van der Waals surface area contributed by atoms with E-state index in [-0.39, 0.29) is 24.8 Å². The highest BCUT2D eigenvalue weighted by Gasteiger charge is 2.36. The number of anilines is 2. The zero-order chi connectivity index (χ0) is 23.4. The Morgan fingerprint density at radius 1 is 1.09 bits per heavy atom. The molecule has 3 aromatic rings. The number of carbonyl (C=O) groups excluding carboxylic acids is 2. The van der Waals surface area contributed by atoms with Gasteiger partial charge in [0.1, 0.15) is 17.3 Å². The number of amides is 2. The second-order valence-corrected chi connectivity index (χ2v) is 7.98. The molecule has 1 aliphatic heterocycles. The average Bonchev–Trinajstić information content (AvgIpc) is 3.45. The molecule has 0 aliphatic carbocycles. The smallest absolute Gasteiger partial charge is 0.230 e. The van der Waals surface area contributed by atoms with Crippen molar-refractivity contribution in [1.29, 1.82) is 0 Å². The van der Waals surface area contributed by atoms with Gasteiger partial charge in [0.25, 0.3) is 0 Å². The Morgan fingerprint density at radius 3 is 2.55 bits per heavy atom. The van der Waals surface area contributed by atoms with Crippen LogP contribution in [0.2, 0.25) is 0 Å². The predicted octanol–water partition coefficient (Wildman–Crippen LogP) is 3.50. The molecule has 1 fully saturated rings. The highest BCUT2D eigenvalue weighted by atomic mass is 16.5. The van der Waals surface area contributed by atoms with Gasteiger partial charge in [-0.25, -0.2) is 4.68 Å². The topological polar surface area (TPSA) is 85.7 Å². The maximum absolute atomic E-state index is 13.0. The standard InChI is InChI=1S/C25H28N4O4/c1-4-17-5-7-18(8-6-17)15-29-23(11-12-26-29)27-25(31)19-13-24(30)28(16-19)21-14-20(32-2)9-10-22(21)33-3/h5-12,14,19H,4,13,15-16H2,1-3H3,(H,27,31). The molecule has 2 aromatic carbocycles. The van der Waals surface area contributed by atoms with E-state index in [1.54, 1.807) is 54.3 Å². The van der Waals surface area contributed by atoms with Gasteiger partial charge in [-0.2, -0.15) is 5.10 Å². The average molecular weight is 449 g/mol. The molecule has 8 heteroatoms. The Morgan fingerprint density at radius 2 is 1.85 bits per heavy atom. The molecule has 1 aliphatic rings. The highest BCUT2D eigenvalue weighted by molar-refractivity contribution is 6.04. The summed E-state index contributed by atoms with van der Waals surface area (Å²) >= 11 is 0. The van der Waals surface area contributed by atoms with E-state index >= 15 is 0 Å². The summed E-state index contributed by atoms with van der Waals surface area (Å²) in [5.41, 5.74) is 2.97. The van der Waals surface area contributed by atoms with Crippen LogP contribution in [0, 0.1) is 5.92 Å². The molecule has 0 radical (unpaired) electrons. The summed E-state index contributed by atoms with van der Waals surface area (Å²) in [6, 6.07) is 15.4. The van der Waals surface area contributed by atoms with Crippen LogP contribution in [-0.4, -0.2) is 42.4 Å². The first-order chi connectivity index (χ1) is 16.0. The molecule has 33 heavy (non-hydrogen) atoms. The summed E-state index contributed by atoms with van der Waals surface area (Å²) in [6.07, 6.45) is 2.77. The number of benzene rings is 2. The molecule has 0 saturated carbocycles. The van der Waals surface area contributed by atoms with Gasteiger partial charge in [-0.1, -0.05) is 31.2 Å². The molecule has 1 saturated heterocycles. The summed E-state index contributed by atoms with van der Waals surface area (Å²) in [5, 5.41) is 7.29. The van der Waals surface area contributed by atoms with Gasteiger partial charge >= 0.3 is 0 Å². The zero-order valence-electron chi connectivity index (χ0n) is 19.1. The molecule has 4 rings (SSSR count). The van der Waals surface area contributed by atoms with Crippen molar-refractivity contribution in [3.05, 3.63) is 65.9 Å². The van der Waals surface area contributed by atoms with Gasteiger partial charge in [0, 0.05) is 25.1 Å². The Balaban J connectivity index is 1.45. The number of carbonyl (C=O) groups is 2. The summed E-state index contributed by atoms with van der Waals surface area (Å²) in [5.74, 6) is 0.937. The first-order valence-electron chi connectivity index (χ1n) is 10.9. The van der Waals surface area contributed by atoms with Crippen molar-refractivity contribution in [2.75, 3.05) is 31.0 Å². The fourth-order valence-corrected chi connectivity index (χ4v) is 3.97. The molecule has 1 unspecified atom stereocenters. The van der Waals surface area contributed by atoms with Crippen LogP contribution in [0.1, 0.15) is 24.5 Å². The number of ether oxygens (including phenoxy) is 2. The minimum atomic E-state index is -0.486. The van der Waals surface area contributed by atoms with Gasteiger partial charge in [0.15, 0.2) is 0 Å². The molecule has 1 N–H and O–H groups in total. The molecule has 172 valence electrons. The lowest BCUT2D eigenvalue weighted by molar-refractivity contribution is -0.122. The SMILES string of the molecule is CCc1ccc(Cn2nccc2NC(=O)C2CC(=O)N(c3cc(OC)ccc3OC)C2)cc1. The Labute approximate surface area is 193 Å². The molecule has 2 heterocycles. The molecular weight excluding hydrogens is 420 g/mol. The van der Waals surface area contributed by atoms with Gasteiger partial charge in [-0.3, -0.25) is 9.59 Å². The zero-order valence-corrected chi connectivity index (χ0v) is 19.1. The first kappa shape index (κ1) is 22.4. The quantitative estimate of drug-likeness (QED) is 0.570. The monoisotopic (exact) mass is 448 g/mol. The molecule has 0 bridgehead atoms. The fourth-order valence-electron chi connectivity index (χ4n) is 3.97. The second-order valence-electron chi connectivity index (χ2n) is 7.98. The Kier molecular flexibility index (Phi) is 6.63. The molecule has 2 amide bonds. The van der Waals surface area contributed by atoms with Crippen molar-refractivity contribution < 1.29 is 19.1 Å². The van der Waals surface area contributed by atoms with Crippen molar-refractivity contribution in [2.24, 2.45) is 5.92 Å². The largest absolute Gasteiger partial charge is 0.497 e. The lowest BCUT2D eigenvalue weighted by Crippen LogP contribution is -2.29. The summed E-state index contributed by atoms with van der Waals surface area (Å²) in [7, 11) is 3.11. The molecule has 1 atom stereocenters. The van der Waals surface area contributed by atoms with Crippen LogP contribution in [-0.2, 0) is 22.6 Å². The number of rotatable bonds is 8. The van der Waals surface area contributed by atoms with E-state index in [4.69, 9.17) is 9.47 Å². The van der Waals surface area contributed by atoms with Crippen LogP contribution in [0.3, 0.4) is 0 Å². The van der Waals surface area contributed by atoms with Crippen LogP contribution >= 0.6 is 0 Å². The number of aryl methyl sites for hydroxylation is 1. The van der Waals surface area contributed by atoms with E-state index in [0.29, 0.717) is 29.5 Å². The third-order valence-corrected chi connectivity index (χ3v) is 5.90. The van der Waals surface area contributed by atoms with Crippen LogP contribution in [0.25, 0.3) is 0 Å². The van der Waals surface area contributed by atoms with E-state index in [1.165, 1.54) is 5.56 Å². The van der Waals surface area contributed by atoms with Crippen LogP contribution in [0.4, 0.5) is 11.5 Å². The van der Waals surface area contributed by atoms with Gasteiger partial charge in [0.05, 0.1) is 38.6 Å². The maximum Gasteiger partial charge on any atom is 0.230 e. The fraction of sp³-hybridized carbons (Fsp3) is 0.320. The molecule has 1 aromatic heterocycles. The van der Waals surface area contributed by atoms with Gasteiger partial charge in [-0.15, -0.1) is 0 Å². The van der Waals surface area contributed by atoms with E-state index < -0.39 is 5.92 Å². The summed E-state index contributed by atoms with van der Waals surface area (Å²) in [4.78, 5) is 27.3. The third kappa shape index (κ3) is 4.84. The minimum Gasteiger partial charge on any atom is -0.497 e. The summed E-state index contributed by atoms with van der Waals surface area (Å²) < 4.78 is 12.4. The number of aromatic nitrogens is 2. The van der Waals surface area contributed by atoms with Crippen LogP contribution in [0.15, 0.2) is 54.7 Å². The molecule has 8 nitrogen and oxygen atoms in total. The first-order valence-corrected chi connectivity index (χ1v) is 10.9. The lowest BCUT2D eigenvalue weighted by atomic mass is 10.1. The van der Waals surface area contributed by atoms with E-state index in [2.05, 4.69) is 41.6 Å². The van der Waals surface area contributed by atoms with Gasteiger partial charge in [0.2, 0.25) is 11.8 Å². The maximum atomic E-state index is 13.0. The van der Waals surface area contributed by atoms with E-state index in [9.17, 15) is 9.59 Å². The van der Waals surface area contributed by atoms with E-state index in [0.717, 1.165) is 12.0 Å². The number of hydrogen-bond donors (Lipinski definition) is 1. The normalized spacial score (nSPS) is 15.5. The second kappa shape index (κ2) is 9.77. The Hall–Kier alpha value is -3.81. The molecule has 0 spiro atoms. The number of nitrogens with zero attached hydrogens (tertiary/aromatic N) is 3. The summed E-state index contributed by atoms with van der Waals surface area (Å²) in [6.45, 7) is 2.93. The highest BCUT2D eigenvalue weighted by Crippen LogP contribution is 2.36. The van der Waals surface area contributed by atoms with Gasteiger partial charge in [-0.05, 0) is 29.7 Å². The van der Waals surface area contributed by atoms with Crippen molar-refractivity contribution in [1.82, 2.24) is 9.78 Å². The van der Waals surface area contributed by atoms with Crippen LogP contribution in [0.5, 0.6) is 11.5 Å². The van der Waals surface area contributed by atoms with Crippen LogP contribution < -0.4 is 19.7 Å². The number of hydrogen-bond acceptors (Lipinski definition) is 5.